The van der Waals surface area contributed by atoms with Crippen LogP contribution in [0.4, 0.5) is 0 Å². The first-order valence-electron chi connectivity index (χ1n) is 5.54. The minimum absolute atomic E-state index is 0.715. The molecule has 0 unspecified atom stereocenters. The molecule has 16 heavy (non-hydrogen) atoms. The summed E-state index contributed by atoms with van der Waals surface area (Å²) < 4.78 is 7.71. The number of hydrogen-bond donors (Lipinski definition) is 1. The first-order chi connectivity index (χ1) is 7.75. The Balaban J connectivity index is 1.67. The highest BCUT2D eigenvalue weighted by molar-refractivity contribution is 9.11. The summed E-state index contributed by atoms with van der Waals surface area (Å²) in [5.41, 5.74) is 0. The van der Waals surface area contributed by atoms with Crippen LogP contribution in [0, 0.1) is 5.92 Å². The lowest BCUT2D eigenvalue weighted by Crippen LogP contribution is -2.23. The van der Waals surface area contributed by atoms with Crippen LogP contribution < -0.4 is 10.1 Å². The summed E-state index contributed by atoms with van der Waals surface area (Å²) in [5.74, 6) is 1.83. The second-order valence-corrected chi connectivity index (χ2v) is 5.84. The van der Waals surface area contributed by atoms with E-state index in [0.717, 1.165) is 33.7 Å². The number of ether oxygens (including phenoxy) is 1. The van der Waals surface area contributed by atoms with Gasteiger partial charge in [-0.1, -0.05) is 15.9 Å². The molecule has 4 heteroatoms. The van der Waals surface area contributed by atoms with E-state index in [-0.39, 0.29) is 0 Å². The van der Waals surface area contributed by atoms with Gasteiger partial charge in [0.2, 0.25) is 0 Å². The Morgan fingerprint density at radius 2 is 2.12 bits per heavy atom. The monoisotopic (exact) mass is 347 g/mol. The Morgan fingerprint density at radius 1 is 1.31 bits per heavy atom. The standard InChI is InChI=1S/C12H15Br2NO/c13-10-3-4-12(11(14)7-10)16-6-5-15-8-9-1-2-9/h3-4,7,9,15H,1-2,5-6,8H2. The van der Waals surface area contributed by atoms with Crippen LogP contribution in [0.5, 0.6) is 5.75 Å². The van der Waals surface area contributed by atoms with Crippen molar-refractivity contribution in [3.05, 3.63) is 27.1 Å². The molecule has 1 aromatic rings. The number of nitrogens with one attached hydrogen (secondary N) is 1. The van der Waals surface area contributed by atoms with E-state index in [1.807, 2.05) is 18.2 Å². The van der Waals surface area contributed by atoms with Gasteiger partial charge < -0.3 is 10.1 Å². The Morgan fingerprint density at radius 3 is 2.81 bits per heavy atom. The molecular formula is C12H15Br2NO. The zero-order chi connectivity index (χ0) is 11.4. The van der Waals surface area contributed by atoms with Crippen molar-refractivity contribution in [2.75, 3.05) is 19.7 Å². The fourth-order valence-corrected chi connectivity index (χ4v) is 2.62. The summed E-state index contributed by atoms with van der Waals surface area (Å²) in [7, 11) is 0. The van der Waals surface area contributed by atoms with Crippen LogP contribution in [0.25, 0.3) is 0 Å². The van der Waals surface area contributed by atoms with Crippen molar-refractivity contribution in [3.63, 3.8) is 0 Å². The molecule has 2 nitrogen and oxygen atoms in total. The molecule has 0 saturated heterocycles. The zero-order valence-corrected chi connectivity index (χ0v) is 12.2. The van der Waals surface area contributed by atoms with Crippen LogP contribution in [0.2, 0.25) is 0 Å². The normalized spacial score (nSPS) is 15.1. The van der Waals surface area contributed by atoms with Gasteiger partial charge in [0.25, 0.3) is 0 Å². The molecule has 0 amide bonds. The first kappa shape index (κ1) is 12.4. The van der Waals surface area contributed by atoms with Gasteiger partial charge in [0.1, 0.15) is 12.4 Å². The molecule has 0 atom stereocenters. The average molecular weight is 349 g/mol. The smallest absolute Gasteiger partial charge is 0.133 e. The van der Waals surface area contributed by atoms with E-state index in [2.05, 4.69) is 37.2 Å². The van der Waals surface area contributed by atoms with Crippen molar-refractivity contribution < 1.29 is 4.74 Å². The van der Waals surface area contributed by atoms with E-state index in [9.17, 15) is 0 Å². The number of hydrogen-bond acceptors (Lipinski definition) is 2. The fraction of sp³-hybridized carbons (Fsp3) is 0.500. The van der Waals surface area contributed by atoms with Gasteiger partial charge in [0, 0.05) is 11.0 Å². The van der Waals surface area contributed by atoms with Crippen LogP contribution in [-0.2, 0) is 0 Å². The maximum absolute atomic E-state index is 5.66. The van der Waals surface area contributed by atoms with Gasteiger partial charge in [-0.2, -0.15) is 0 Å². The Bertz CT molecular complexity index is 353. The lowest BCUT2D eigenvalue weighted by molar-refractivity contribution is 0.311. The van der Waals surface area contributed by atoms with E-state index in [1.165, 1.54) is 12.8 Å². The van der Waals surface area contributed by atoms with E-state index >= 15 is 0 Å². The third kappa shape index (κ3) is 4.07. The molecule has 1 aromatic carbocycles. The van der Waals surface area contributed by atoms with Gasteiger partial charge in [-0.3, -0.25) is 0 Å². The quantitative estimate of drug-likeness (QED) is 0.793. The van der Waals surface area contributed by atoms with Crippen LogP contribution in [0.15, 0.2) is 27.1 Å². The van der Waals surface area contributed by atoms with Crippen molar-refractivity contribution in [1.29, 1.82) is 0 Å². The van der Waals surface area contributed by atoms with Gasteiger partial charge >= 0.3 is 0 Å². The van der Waals surface area contributed by atoms with Gasteiger partial charge in [0.15, 0.2) is 0 Å². The molecule has 0 heterocycles. The maximum Gasteiger partial charge on any atom is 0.133 e. The lowest BCUT2D eigenvalue weighted by atomic mass is 10.3. The minimum atomic E-state index is 0.715. The molecule has 1 saturated carbocycles. The Kier molecular flexibility index (Phi) is 4.67. The number of benzene rings is 1. The average Bonchev–Trinajstić information content (AvgIpc) is 3.04. The molecule has 0 aromatic heterocycles. The SMILES string of the molecule is Brc1ccc(OCCNCC2CC2)c(Br)c1. The predicted molar refractivity (Wildman–Crippen MR) is 72.9 cm³/mol. The van der Waals surface area contributed by atoms with Crippen molar-refractivity contribution in [3.8, 4) is 5.75 Å². The van der Waals surface area contributed by atoms with Gasteiger partial charge in [-0.15, -0.1) is 0 Å². The molecule has 0 radical (unpaired) electrons. The molecule has 0 spiro atoms. The summed E-state index contributed by atoms with van der Waals surface area (Å²) in [5, 5.41) is 3.40. The van der Waals surface area contributed by atoms with Crippen molar-refractivity contribution in [2.45, 2.75) is 12.8 Å². The Hall–Kier alpha value is -0.0600. The maximum atomic E-state index is 5.66. The molecule has 0 bridgehead atoms. The van der Waals surface area contributed by atoms with E-state index in [0.29, 0.717) is 6.61 Å². The second kappa shape index (κ2) is 6.03. The van der Waals surface area contributed by atoms with Crippen molar-refractivity contribution in [2.24, 2.45) is 5.92 Å². The first-order valence-corrected chi connectivity index (χ1v) is 7.13. The molecule has 88 valence electrons. The molecule has 1 aliphatic rings. The van der Waals surface area contributed by atoms with Gasteiger partial charge in [0.05, 0.1) is 4.47 Å². The Labute approximate surface area is 113 Å². The number of rotatable bonds is 6. The summed E-state index contributed by atoms with van der Waals surface area (Å²) in [6.07, 6.45) is 2.79. The minimum Gasteiger partial charge on any atom is -0.491 e. The summed E-state index contributed by atoms with van der Waals surface area (Å²) in [6.45, 7) is 2.77. The lowest BCUT2D eigenvalue weighted by Gasteiger charge is -2.09. The van der Waals surface area contributed by atoms with E-state index < -0.39 is 0 Å². The fourth-order valence-electron chi connectivity index (χ4n) is 1.45. The van der Waals surface area contributed by atoms with Crippen LogP contribution in [0.1, 0.15) is 12.8 Å². The molecule has 2 rings (SSSR count). The van der Waals surface area contributed by atoms with Crippen molar-refractivity contribution >= 4 is 31.9 Å². The summed E-state index contributed by atoms with van der Waals surface area (Å²) in [6, 6.07) is 5.94. The molecular weight excluding hydrogens is 334 g/mol. The third-order valence-electron chi connectivity index (χ3n) is 2.56. The molecule has 0 aliphatic heterocycles. The third-order valence-corrected chi connectivity index (χ3v) is 3.67. The highest BCUT2D eigenvalue weighted by atomic mass is 79.9. The van der Waals surface area contributed by atoms with E-state index in [1.54, 1.807) is 0 Å². The number of halogens is 2. The molecule has 1 aliphatic carbocycles. The van der Waals surface area contributed by atoms with E-state index in [4.69, 9.17) is 4.74 Å². The zero-order valence-electron chi connectivity index (χ0n) is 9.01. The van der Waals surface area contributed by atoms with Crippen LogP contribution in [-0.4, -0.2) is 19.7 Å². The van der Waals surface area contributed by atoms with Crippen LogP contribution in [0.3, 0.4) is 0 Å². The van der Waals surface area contributed by atoms with Gasteiger partial charge in [-0.25, -0.2) is 0 Å². The summed E-state index contributed by atoms with van der Waals surface area (Å²) >= 11 is 6.89. The largest absolute Gasteiger partial charge is 0.491 e. The second-order valence-electron chi connectivity index (χ2n) is 4.07. The highest BCUT2D eigenvalue weighted by Crippen LogP contribution is 2.28. The topological polar surface area (TPSA) is 21.3 Å². The van der Waals surface area contributed by atoms with Crippen molar-refractivity contribution in [1.82, 2.24) is 5.32 Å². The van der Waals surface area contributed by atoms with Gasteiger partial charge in [-0.05, 0) is 59.4 Å². The predicted octanol–water partition coefficient (Wildman–Crippen LogP) is 3.59. The molecule has 1 fully saturated rings. The summed E-state index contributed by atoms with van der Waals surface area (Å²) in [4.78, 5) is 0. The highest BCUT2D eigenvalue weighted by Gasteiger charge is 2.19. The molecule has 1 N–H and O–H groups in total. The van der Waals surface area contributed by atoms with Crippen LogP contribution >= 0.6 is 31.9 Å².